The predicted octanol–water partition coefficient (Wildman–Crippen LogP) is 4.60. The van der Waals surface area contributed by atoms with Crippen LogP contribution in [0.2, 0.25) is 0 Å². The summed E-state index contributed by atoms with van der Waals surface area (Å²) in [6.45, 7) is 6.57. The lowest BCUT2D eigenvalue weighted by molar-refractivity contribution is -0.113. The Bertz CT molecular complexity index is 1370. The third-order valence-electron chi connectivity index (χ3n) is 5.50. The first-order valence-corrected chi connectivity index (χ1v) is 14.3. The number of sulfonamides is 1. The minimum atomic E-state index is -3.77. The molecule has 180 valence electrons. The Hall–Kier alpha value is -2.50. The summed E-state index contributed by atoms with van der Waals surface area (Å²) >= 11 is 2.98. The van der Waals surface area contributed by atoms with Crippen molar-refractivity contribution in [3.05, 3.63) is 40.5 Å². The molecule has 2 N–H and O–H groups in total. The van der Waals surface area contributed by atoms with Gasteiger partial charge in [-0.2, -0.15) is 0 Å². The van der Waals surface area contributed by atoms with E-state index in [4.69, 9.17) is 0 Å². The highest BCUT2D eigenvalue weighted by Gasteiger charge is 2.19. The molecule has 0 saturated carbocycles. The maximum atomic E-state index is 12.8. The number of nitrogens with zero attached hydrogens (tertiary/aromatic N) is 3. The van der Waals surface area contributed by atoms with E-state index in [1.54, 1.807) is 23.5 Å². The summed E-state index contributed by atoms with van der Waals surface area (Å²) in [6.07, 6.45) is 3.54. The quantitative estimate of drug-likeness (QED) is 0.365. The van der Waals surface area contributed by atoms with E-state index in [0.29, 0.717) is 30.3 Å². The van der Waals surface area contributed by atoms with Crippen LogP contribution >= 0.6 is 23.1 Å². The number of hydrogen-bond donors (Lipinski definition) is 2. The number of carbonyl (C=O) groups excluding carboxylic acids is 1. The van der Waals surface area contributed by atoms with E-state index in [2.05, 4.69) is 31.9 Å². The lowest BCUT2D eigenvalue weighted by Gasteiger charge is -2.11. The summed E-state index contributed by atoms with van der Waals surface area (Å²) < 4.78 is 28.3. The van der Waals surface area contributed by atoms with E-state index >= 15 is 0 Å². The smallest absolute Gasteiger partial charge is 0.262 e. The molecule has 11 heteroatoms. The Labute approximate surface area is 207 Å². The molecule has 0 unspecified atom stereocenters. The number of hydrogen-bond acceptors (Lipinski definition) is 8. The van der Waals surface area contributed by atoms with Crippen molar-refractivity contribution < 1.29 is 13.2 Å². The molecule has 34 heavy (non-hydrogen) atoms. The summed E-state index contributed by atoms with van der Waals surface area (Å²) in [7, 11) is -3.77. The van der Waals surface area contributed by atoms with Crippen LogP contribution in [0.3, 0.4) is 0 Å². The highest BCUT2D eigenvalue weighted by atomic mass is 32.2. The number of aliphatic imine (C=N–C) groups is 1. The zero-order valence-corrected chi connectivity index (χ0v) is 21.8. The SMILES string of the molecule is Cc1nc(SCC(=O)Nc2cccc(S(=O)(=O)NC3=NCCCCC3)c2)c2c(C)c(C)sc2n1. The molecule has 0 spiro atoms. The van der Waals surface area contributed by atoms with Crippen molar-refractivity contribution in [3.63, 3.8) is 0 Å². The zero-order chi connectivity index (χ0) is 24.3. The second-order valence-electron chi connectivity index (χ2n) is 8.15. The van der Waals surface area contributed by atoms with E-state index < -0.39 is 10.0 Å². The summed E-state index contributed by atoms with van der Waals surface area (Å²) in [5.41, 5.74) is 1.55. The van der Waals surface area contributed by atoms with Crippen molar-refractivity contribution >= 4 is 60.8 Å². The third-order valence-corrected chi connectivity index (χ3v) is 8.96. The van der Waals surface area contributed by atoms with E-state index in [1.807, 2.05) is 13.8 Å². The average molecular weight is 518 g/mol. The lowest BCUT2D eigenvalue weighted by Crippen LogP contribution is -2.30. The van der Waals surface area contributed by atoms with E-state index in [-0.39, 0.29) is 16.6 Å². The fraction of sp³-hybridized carbons (Fsp3) is 0.391. The van der Waals surface area contributed by atoms with Crippen molar-refractivity contribution in [2.45, 2.75) is 56.4 Å². The average Bonchev–Trinajstić information content (AvgIpc) is 2.94. The number of carbonyl (C=O) groups is 1. The van der Waals surface area contributed by atoms with Crippen LogP contribution in [0.4, 0.5) is 5.69 Å². The van der Waals surface area contributed by atoms with Crippen LogP contribution in [-0.2, 0) is 14.8 Å². The molecular formula is C23H27N5O3S3. The summed E-state index contributed by atoms with van der Waals surface area (Å²) in [5, 5.41) is 4.57. The van der Waals surface area contributed by atoms with Crippen molar-refractivity contribution in [2.75, 3.05) is 17.6 Å². The number of thioether (sulfide) groups is 1. The number of benzene rings is 1. The van der Waals surface area contributed by atoms with Crippen LogP contribution in [0.25, 0.3) is 10.2 Å². The van der Waals surface area contributed by atoms with Gasteiger partial charge in [0.25, 0.3) is 10.0 Å². The van der Waals surface area contributed by atoms with Gasteiger partial charge in [-0.3, -0.25) is 14.5 Å². The third kappa shape index (κ3) is 5.76. The van der Waals surface area contributed by atoms with Crippen LogP contribution < -0.4 is 10.0 Å². The Morgan fingerprint density at radius 1 is 1.15 bits per heavy atom. The molecule has 3 heterocycles. The van der Waals surface area contributed by atoms with E-state index in [1.165, 1.54) is 28.8 Å². The number of fused-ring (bicyclic) bond motifs is 1. The van der Waals surface area contributed by atoms with Crippen LogP contribution in [-0.4, -0.2) is 42.4 Å². The van der Waals surface area contributed by atoms with Gasteiger partial charge in [-0.05, 0) is 57.4 Å². The fourth-order valence-corrected chi connectivity index (χ4v) is 6.87. The zero-order valence-electron chi connectivity index (χ0n) is 19.3. The Kier molecular flexibility index (Phi) is 7.54. The summed E-state index contributed by atoms with van der Waals surface area (Å²) in [4.78, 5) is 28.2. The van der Waals surface area contributed by atoms with Gasteiger partial charge < -0.3 is 5.32 Å². The van der Waals surface area contributed by atoms with Crippen LogP contribution in [0.5, 0.6) is 0 Å². The molecule has 0 radical (unpaired) electrons. The largest absolute Gasteiger partial charge is 0.325 e. The van der Waals surface area contributed by atoms with Gasteiger partial charge in [0, 0.05) is 28.9 Å². The van der Waals surface area contributed by atoms with Crippen molar-refractivity contribution in [1.82, 2.24) is 14.7 Å². The van der Waals surface area contributed by atoms with Gasteiger partial charge in [0.15, 0.2) is 0 Å². The minimum absolute atomic E-state index is 0.0856. The molecule has 0 bridgehead atoms. The maximum absolute atomic E-state index is 12.8. The summed E-state index contributed by atoms with van der Waals surface area (Å²) in [5.74, 6) is 1.06. The van der Waals surface area contributed by atoms with Gasteiger partial charge in [0.1, 0.15) is 21.5 Å². The monoisotopic (exact) mass is 517 g/mol. The topological polar surface area (TPSA) is 113 Å². The van der Waals surface area contributed by atoms with Crippen LogP contribution in [0.1, 0.15) is 41.9 Å². The molecule has 4 rings (SSSR count). The molecule has 0 atom stereocenters. The van der Waals surface area contributed by atoms with Gasteiger partial charge in [-0.25, -0.2) is 18.4 Å². The standard InChI is InChI=1S/C23H27N5O3S3/c1-14-15(2)33-23-21(14)22(25-16(3)26-23)32-13-20(29)27-17-8-7-9-18(12-17)34(30,31)28-19-10-5-4-6-11-24-19/h7-9,12H,4-6,10-11,13H2,1-3H3,(H,24,28)(H,27,29). The molecular weight excluding hydrogens is 490 g/mol. The highest BCUT2D eigenvalue weighted by Crippen LogP contribution is 2.35. The first-order chi connectivity index (χ1) is 16.2. The minimum Gasteiger partial charge on any atom is -0.325 e. The molecule has 0 aliphatic carbocycles. The molecule has 1 aromatic carbocycles. The number of amides is 1. The molecule has 1 amide bonds. The molecule has 8 nitrogen and oxygen atoms in total. The first-order valence-electron chi connectivity index (χ1n) is 11.1. The number of aromatic nitrogens is 2. The normalized spacial score (nSPS) is 14.5. The molecule has 2 aromatic heterocycles. The van der Waals surface area contributed by atoms with Crippen LogP contribution in [0.15, 0.2) is 39.2 Å². The van der Waals surface area contributed by atoms with Gasteiger partial charge in [-0.1, -0.05) is 24.2 Å². The Morgan fingerprint density at radius 2 is 1.97 bits per heavy atom. The fourth-order valence-electron chi connectivity index (χ4n) is 3.66. The number of rotatable bonds is 6. The molecule has 0 saturated heterocycles. The highest BCUT2D eigenvalue weighted by molar-refractivity contribution is 8.00. The predicted molar refractivity (Wildman–Crippen MR) is 139 cm³/mol. The second kappa shape index (κ2) is 10.4. The number of thiophene rings is 1. The number of anilines is 1. The summed E-state index contributed by atoms with van der Waals surface area (Å²) in [6, 6.07) is 6.25. The molecule has 1 aliphatic rings. The van der Waals surface area contributed by atoms with Gasteiger partial charge in [0.05, 0.1) is 10.6 Å². The maximum Gasteiger partial charge on any atom is 0.262 e. The van der Waals surface area contributed by atoms with E-state index in [9.17, 15) is 13.2 Å². The van der Waals surface area contributed by atoms with Crippen molar-refractivity contribution in [1.29, 1.82) is 0 Å². The van der Waals surface area contributed by atoms with Gasteiger partial charge >= 0.3 is 0 Å². The first kappa shape index (κ1) is 24.6. The lowest BCUT2D eigenvalue weighted by atomic mass is 10.2. The Morgan fingerprint density at radius 3 is 2.79 bits per heavy atom. The van der Waals surface area contributed by atoms with E-state index in [0.717, 1.165) is 40.1 Å². The molecule has 3 aromatic rings. The van der Waals surface area contributed by atoms with Crippen molar-refractivity contribution in [2.24, 2.45) is 4.99 Å². The van der Waals surface area contributed by atoms with Crippen LogP contribution in [0, 0.1) is 20.8 Å². The van der Waals surface area contributed by atoms with Gasteiger partial charge in [0.2, 0.25) is 5.91 Å². The number of nitrogens with one attached hydrogen (secondary N) is 2. The number of amidine groups is 1. The van der Waals surface area contributed by atoms with Gasteiger partial charge in [-0.15, -0.1) is 11.3 Å². The number of aryl methyl sites for hydroxylation is 3. The molecule has 1 aliphatic heterocycles. The van der Waals surface area contributed by atoms with Crippen molar-refractivity contribution in [3.8, 4) is 0 Å². The second-order valence-corrected chi connectivity index (χ2v) is 12.0. The Balaban J connectivity index is 1.44. The molecule has 0 fully saturated rings.